The number of nitriles is 1. The highest BCUT2D eigenvalue weighted by Crippen LogP contribution is 2.48. The number of aliphatic imine (C=N–C) groups is 1. The summed E-state index contributed by atoms with van der Waals surface area (Å²) in [6, 6.07) is 5.19. The van der Waals surface area contributed by atoms with Crippen LogP contribution < -0.4 is 9.54 Å². The van der Waals surface area contributed by atoms with E-state index >= 15 is 0 Å². The lowest BCUT2D eigenvalue weighted by Crippen LogP contribution is -2.30. The maximum Gasteiger partial charge on any atom is 0.207 e. The Morgan fingerprint density at radius 1 is 1.30 bits per heavy atom. The number of amidine groups is 1. The zero-order valence-electron chi connectivity index (χ0n) is 18.4. The number of hydrogen-bond donors (Lipinski definition) is 0. The smallest absolute Gasteiger partial charge is 0.207 e. The molecule has 0 atom stereocenters. The number of thiazole rings is 1. The van der Waals surface area contributed by atoms with Gasteiger partial charge in [-0.25, -0.2) is 0 Å². The summed E-state index contributed by atoms with van der Waals surface area (Å²) in [7, 11) is 1.57. The van der Waals surface area contributed by atoms with Crippen molar-refractivity contribution < 1.29 is 9.47 Å². The molecule has 30 heavy (non-hydrogen) atoms. The van der Waals surface area contributed by atoms with Crippen LogP contribution in [-0.2, 0) is 22.5 Å². The van der Waals surface area contributed by atoms with Gasteiger partial charge in [-0.3, -0.25) is 0 Å². The van der Waals surface area contributed by atoms with Crippen LogP contribution in [0, 0.1) is 17.4 Å². The van der Waals surface area contributed by atoms with Crippen molar-refractivity contribution in [1.29, 1.82) is 5.26 Å². The predicted molar refractivity (Wildman–Crippen MR) is 120 cm³/mol. The molecule has 2 heterocycles. The summed E-state index contributed by atoms with van der Waals surface area (Å²) in [6.07, 6.45) is 1.87. The first kappa shape index (κ1) is 22.5. The largest absolute Gasteiger partial charge is 0.496 e. The summed E-state index contributed by atoms with van der Waals surface area (Å²) in [5.41, 5.74) is 0.833. The molecule has 0 saturated heterocycles. The first-order valence-electron chi connectivity index (χ1n) is 9.80. The van der Waals surface area contributed by atoms with Gasteiger partial charge in [-0.15, -0.1) is 0 Å². The first-order valence-corrected chi connectivity index (χ1v) is 11.0. The topological polar surface area (TPSA) is 71.9 Å². The minimum Gasteiger partial charge on any atom is -0.496 e. The minimum atomic E-state index is -0.446. The molecular formula is C22H27ClN4O2S. The van der Waals surface area contributed by atoms with E-state index in [9.17, 15) is 5.26 Å². The Bertz CT molecular complexity index is 1100. The van der Waals surface area contributed by atoms with Gasteiger partial charge in [0.05, 0.1) is 28.8 Å². The summed E-state index contributed by atoms with van der Waals surface area (Å²) in [5.74, 6) is 1.23. The molecule has 0 bridgehead atoms. The van der Waals surface area contributed by atoms with E-state index in [0.29, 0.717) is 22.3 Å². The van der Waals surface area contributed by atoms with Gasteiger partial charge in [0.25, 0.3) is 0 Å². The van der Waals surface area contributed by atoms with E-state index in [1.54, 1.807) is 36.6 Å². The molecule has 0 saturated carbocycles. The van der Waals surface area contributed by atoms with Crippen molar-refractivity contribution in [3.05, 3.63) is 44.2 Å². The highest BCUT2D eigenvalue weighted by Gasteiger charge is 2.47. The lowest BCUT2D eigenvalue weighted by Gasteiger charge is -2.26. The zero-order chi connectivity index (χ0) is 22.3. The second-order valence-corrected chi connectivity index (χ2v) is 10.1. The van der Waals surface area contributed by atoms with Gasteiger partial charge in [0.1, 0.15) is 11.4 Å². The highest BCUT2D eigenvalue weighted by molar-refractivity contribution is 7.09. The number of halogens is 1. The molecule has 160 valence electrons. The lowest BCUT2D eigenvalue weighted by atomic mass is 10.0. The number of ether oxygens (including phenoxy) is 2. The average Bonchev–Trinajstić information content (AvgIpc) is 3.07. The van der Waals surface area contributed by atoms with Crippen LogP contribution in [0.15, 0.2) is 28.2 Å². The molecule has 0 aliphatic carbocycles. The molecule has 8 heteroatoms. The van der Waals surface area contributed by atoms with Gasteiger partial charge in [0.2, 0.25) is 6.19 Å². The van der Waals surface area contributed by atoms with E-state index < -0.39 is 11.2 Å². The Kier molecular flexibility index (Phi) is 6.15. The van der Waals surface area contributed by atoms with E-state index in [4.69, 9.17) is 26.1 Å². The summed E-state index contributed by atoms with van der Waals surface area (Å²) >= 11 is 7.78. The van der Waals surface area contributed by atoms with E-state index in [-0.39, 0.29) is 5.84 Å². The molecule has 1 aromatic carbocycles. The third kappa shape index (κ3) is 4.18. The molecule has 0 amide bonds. The summed E-state index contributed by atoms with van der Waals surface area (Å²) < 4.78 is 14.0. The second-order valence-electron chi connectivity index (χ2n) is 8.68. The molecule has 3 rings (SSSR count). The Hall–Kier alpha value is -2.14. The summed E-state index contributed by atoms with van der Waals surface area (Å²) in [6.45, 7) is 13.4. The fourth-order valence-corrected chi connectivity index (χ4v) is 5.41. The number of aromatic nitrogens is 1. The first-order chi connectivity index (χ1) is 14.0. The summed E-state index contributed by atoms with van der Waals surface area (Å²) in [4.78, 5) is 10.7. The molecular weight excluding hydrogens is 420 g/mol. The minimum absolute atomic E-state index is 0.269. The van der Waals surface area contributed by atoms with Gasteiger partial charge in [0, 0.05) is 11.6 Å². The zero-order valence-corrected chi connectivity index (χ0v) is 20.0. The maximum absolute atomic E-state index is 9.31. The SMILES string of the molecule is COc1ccc(Cl)cc1C(=NC#N)/N=c1\sc2c(n1CC(C)C)C(C)(C)OC2(C)C. The Balaban J connectivity index is 2.30. The Morgan fingerprint density at radius 3 is 2.60 bits per heavy atom. The maximum atomic E-state index is 9.31. The standard InChI is InChI=1S/C22H27ClN4O2S/c1-13(2)11-27-17-18(22(5,6)29-21(17,3)4)30-20(27)26-19(25-12-24)15-10-14(23)8-9-16(15)28-7/h8-10,13H,11H2,1-7H3/b25-19?,26-20-. The van der Waals surface area contributed by atoms with E-state index in [1.165, 1.54) is 0 Å². The quantitative estimate of drug-likeness (QED) is 0.368. The van der Waals surface area contributed by atoms with Gasteiger partial charge in [-0.05, 0) is 51.8 Å². The molecule has 1 aliphatic rings. The number of benzene rings is 1. The number of rotatable bonds is 4. The van der Waals surface area contributed by atoms with Crippen LogP contribution in [-0.4, -0.2) is 17.5 Å². The van der Waals surface area contributed by atoms with Crippen molar-refractivity contribution in [3.8, 4) is 11.9 Å². The average molecular weight is 447 g/mol. The molecule has 0 unspecified atom stereocenters. The molecule has 0 fully saturated rings. The van der Waals surface area contributed by atoms with Gasteiger partial charge in [-0.1, -0.05) is 36.8 Å². The second kappa shape index (κ2) is 8.18. The number of nitrogens with zero attached hydrogens (tertiary/aromatic N) is 4. The molecule has 0 radical (unpaired) electrons. The number of methoxy groups -OCH3 is 1. The normalized spacial score (nSPS) is 17.9. The van der Waals surface area contributed by atoms with Crippen molar-refractivity contribution >= 4 is 28.8 Å². The van der Waals surface area contributed by atoms with Crippen LogP contribution in [0.4, 0.5) is 0 Å². The molecule has 2 aromatic rings. The third-order valence-electron chi connectivity index (χ3n) is 4.84. The molecule has 6 nitrogen and oxygen atoms in total. The Morgan fingerprint density at radius 2 is 2.00 bits per heavy atom. The van der Waals surface area contributed by atoms with Crippen LogP contribution >= 0.6 is 22.9 Å². The molecule has 1 aliphatic heterocycles. The van der Waals surface area contributed by atoms with E-state index in [0.717, 1.165) is 21.9 Å². The van der Waals surface area contributed by atoms with Crippen LogP contribution in [0.2, 0.25) is 5.02 Å². The molecule has 0 N–H and O–H groups in total. The van der Waals surface area contributed by atoms with Crippen molar-refractivity contribution in [1.82, 2.24) is 4.57 Å². The fourth-order valence-electron chi connectivity index (χ4n) is 3.91. The number of fused-ring (bicyclic) bond motifs is 1. The van der Waals surface area contributed by atoms with Crippen molar-refractivity contribution in [3.63, 3.8) is 0 Å². The van der Waals surface area contributed by atoms with E-state index in [2.05, 4.69) is 51.1 Å². The van der Waals surface area contributed by atoms with Crippen LogP contribution in [0.1, 0.15) is 57.7 Å². The van der Waals surface area contributed by atoms with Gasteiger partial charge >= 0.3 is 0 Å². The van der Waals surface area contributed by atoms with Crippen molar-refractivity contribution in [2.45, 2.75) is 59.3 Å². The molecule has 0 spiro atoms. The number of hydrogen-bond acceptors (Lipinski definition) is 5. The van der Waals surface area contributed by atoms with Gasteiger partial charge < -0.3 is 14.0 Å². The van der Waals surface area contributed by atoms with Crippen molar-refractivity contribution in [2.24, 2.45) is 15.9 Å². The van der Waals surface area contributed by atoms with Crippen LogP contribution in [0.25, 0.3) is 0 Å². The van der Waals surface area contributed by atoms with Gasteiger partial charge in [-0.2, -0.15) is 15.2 Å². The highest BCUT2D eigenvalue weighted by atomic mass is 35.5. The van der Waals surface area contributed by atoms with Crippen LogP contribution in [0.5, 0.6) is 5.75 Å². The monoisotopic (exact) mass is 446 g/mol. The van der Waals surface area contributed by atoms with E-state index in [1.807, 2.05) is 6.19 Å². The van der Waals surface area contributed by atoms with Crippen LogP contribution in [0.3, 0.4) is 0 Å². The van der Waals surface area contributed by atoms with Gasteiger partial charge in [0.15, 0.2) is 10.6 Å². The third-order valence-corrected chi connectivity index (χ3v) is 6.46. The molecule has 1 aromatic heterocycles. The summed E-state index contributed by atoms with van der Waals surface area (Å²) in [5, 5.41) is 9.83. The Labute approximate surface area is 186 Å². The fraction of sp³-hybridized carbons (Fsp3) is 0.500. The predicted octanol–water partition coefficient (Wildman–Crippen LogP) is 5.20. The van der Waals surface area contributed by atoms with Crippen molar-refractivity contribution in [2.75, 3.05) is 7.11 Å². The lowest BCUT2D eigenvalue weighted by molar-refractivity contribution is -0.106.